The Hall–Kier alpha value is -3.68. The van der Waals surface area contributed by atoms with E-state index >= 15 is 0 Å². The van der Waals surface area contributed by atoms with Crippen LogP contribution in [0.5, 0.6) is 0 Å². The van der Waals surface area contributed by atoms with Crippen LogP contribution in [0, 0.1) is 17.2 Å². The van der Waals surface area contributed by atoms with Crippen molar-refractivity contribution in [2.75, 3.05) is 31.6 Å². The lowest BCUT2D eigenvalue weighted by Gasteiger charge is -2.42. The summed E-state index contributed by atoms with van der Waals surface area (Å²) in [5.74, 6) is 1.25. The molecule has 2 atom stereocenters. The Bertz CT molecular complexity index is 1280. The second-order valence-corrected chi connectivity index (χ2v) is 8.99. The Balaban J connectivity index is 0.00000361. The van der Waals surface area contributed by atoms with Crippen LogP contribution in [0.2, 0.25) is 0 Å². The van der Waals surface area contributed by atoms with Crippen molar-refractivity contribution >= 4 is 41.2 Å². The molecule has 10 nitrogen and oxygen atoms in total. The molecule has 4 rings (SSSR count). The minimum Gasteiger partial charge on any atom is -0.354 e. The third kappa shape index (κ3) is 5.27. The van der Waals surface area contributed by atoms with Gasteiger partial charge in [0.15, 0.2) is 11.5 Å². The number of likely N-dealkylation sites (N-methyl/N-ethyl adjacent to an activating group) is 1. The van der Waals surface area contributed by atoms with Gasteiger partial charge in [-0.25, -0.2) is 14.8 Å². The number of amides is 2. The summed E-state index contributed by atoms with van der Waals surface area (Å²) in [5, 5.41) is 9.65. The van der Waals surface area contributed by atoms with Gasteiger partial charge >= 0.3 is 6.03 Å². The fraction of sp³-hybridized carbons (Fsp3) is 0.400. The molecule has 4 N–H and O–H groups in total. The zero-order valence-electron chi connectivity index (χ0n) is 20.4. The van der Waals surface area contributed by atoms with Crippen molar-refractivity contribution < 1.29 is 9.59 Å². The van der Waals surface area contributed by atoms with Gasteiger partial charge in [0.05, 0.1) is 17.5 Å². The lowest BCUT2D eigenvalue weighted by atomic mass is 9.92. The van der Waals surface area contributed by atoms with Crippen LogP contribution in [-0.2, 0) is 11.2 Å². The average Bonchev–Trinajstić information content (AvgIpc) is 3.28. The quantitative estimate of drug-likeness (QED) is 0.517. The number of benzene rings is 1. The fourth-order valence-corrected chi connectivity index (χ4v) is 4.68. The highest BCUT2D eigenvalue weighted by Gasteiger charge is 2.33. The maximum Gasteiger partial charge on any atom is 0.324 e. The SMILES string of the molecule is C[C@@H]1CCN(C(=O)CC#N)C[C@@H]1N(C)c1nc(-c2ccc(CCN)cc2)nc2c1ccn2C(N)=O.Cl. The Morgan fingerprint density at radius 1 is 1.22 bits per heavy atom. The summed E-state index contributed by atoms with van der Waals surface area (Å²) < 4.78 is 1.31. The summed E-state index contributed by atoms with van der Waals surface area (Å²) in [6.07, 6.45) is 3.06. The highest BCUT2D eigenvalue weighted by molar-refractivity contribution is 5.95. The van der Waals surface area contributed by atoms with Crippen molar-refractivity contribution in [1.82, 2.24) is 19.4 Å². The van der Waals surface area contributed by atoms with Crippen LogP contribution in [0.3, 0.4) is 0 Å². The lowest BCUT2D eigenvalue weighted by molar-refractivity contribution is -0.131. The molecule has 0 spiro atoms. The number of carbonyl (C=O) groups is 2. The smallest absolute Gasteiger partial charge is 0.324 e. The zero-order valence-corrected chi connectivity index (χ0v) is 21.2. The summed E-state index contributed by atoms with van der Waals surface area (Å²) in [4.78, 5) is 37.9. The standard InChI is InChI=1S/C25H30N8O2.ClH/c1-16-9-13-32(21(34)8-12-27)15-20(16)31(2)23-19-10-14-33(25(28)35)24(19)30-22(29-23)18-5-3-17(4-6-18)7-11-26;/h3-6,10,14,16,20H,7-9,11,13,15,26H2,1-2H3,(H2,28,35);1H/t16-,20+;/m1./s1. The number of likely N-dealkylation sites (tertiary alicyclic amines) is 1. The van der Waals surface area contributed by atoms with E-state index in [0.717, 1.165) is 24.0 Å². The van der Waals surface area contributed by atoms with Crippen molar-refractivity contribution in [3.63, 3.8) is 0 Å². The number of fused-ring (bicyclic) bond motifs is 1. The van der Waals surface area contributed by atoms with Crippen LogP contribution in [0.25, 0.3) is 22.4 Å². The van der Waals surface area contributed by atoms with Gasteiger partial charge in [-0.1, -0.05) is 31.2 Å². The number of piperidine rings is 1. The molecule has 1 aromatic carbocycles. The number of hydrogen-bond acceptors (Lipinski definition) is 7. The number of halogens is 1. The molecular formula is C25H31ClN8O2. The fourth-order valence-electron chi connectivity index (χ4n) is 4.68. The average molecular weight is 511 g/mol. The highest BCUT2D eigenvalue weighted by atomic mass is 35.5. The number of hydrogen-bond donors (Lipinski definition) is 2. The monoisotopic (exact) mass is 510 g/mol. The predicted molar refractivity (Wildman–Crippen MR) is 141 cm³/mol. The Morgan fingerprint density at radius 2 is 1.94 bits per heavy atom. The van der Waals surface area contributed by atoms with E-state index in [2.05, 4.69) is 16.8 Å². The summed E-state index contributed by atoms with van der Waals surface area (Å²) in [6, 6.07) is 11.0. The molecule has 0 unspecified atom stereocenters. The number of carbonyl (C=O) groups excluding carboxylic acids is 2. The normalized spacial score (nSPS) is 17.3. The van der Waals surface area contributed by atoms with Crippen molar-refractivity contribution in [2.45, 2.75) is 32.2 Å². The van der Waals surface area contributed by atoms with Gasteiger partial charge in [0.25, 0.3) is 0 Å². The number of rotatable bonds is 6. The number of nitrogens with two attached hydrogens (primary N) is 2. The molecule has 3 heterocycles. The number of nitrogens with zero attached hydrogens (tertiary/aromatic N) is 6. The molecule has 0 aliphatic carbocycles. The van der Waals surface area contributed by atoms with E-state index in [1.54, 1.807) is 17.2 Å². The molecule has 0 bridgehead atoms. The molecule has 1 saturated heterocycles. The molecule has 3 aromatic rings. The minimum atomic E-state index is -0.629. The first-order valence-corrected chi connectivity index (χ1v) is 11.7. The molecule has 2 aromatic heterocycles. The molecule has 11 heteroatoms. The van der Waals surface area contributed by atoms with Gasteiger partial charge in [-0.3, -0.25) is 9.36 Å². The molecule has 1 aliphatic rings. The third-order valence-corrected chi connectivity index (χ3v) is 6.74. The van der Waals surface area contributed by atoms with E-state index in [0.29, 0.717) is 42.3 Å². The number of anilines is 1. The van der Waals surface area contributed by atoms with Crippen LogP contribution in [0.4, 0.5) is 10.6 Å². The summed E-state index contributed by atoms with van der Waals surface area (Å²) in [7, 11) is 1.94. The number of primary amides is 1. The minimum absolute atomic E-state index is 0. The van der Waals surface area contributed by atoms with Gasteiger partial charge < -0.3 is 21.3 Å². The summed E-state index contributed by atoms with van der Waals surface area (Å²) in [5.41, 5.74) is 13.6. The third-order valence-electron chi connectivity index (χ3n) is 6.74. The van der Waals surface area contributed by atoms with Crippen molar-refractivity contribution in [1.29, 1.82) is 5.26 Å². The molecule has 2 amide bonds. The highest BCUT2D eigenvalue weighted by Crippen LogP contribution is 2.32. The Kier molecular flexibility index (Phi) is 8.50. The molecule has 0 saturated carbocycles. The van der Waals surface area contributed by atoms with Gasteiger partial charge in [0.2, 0.25) is 5.91 Å². The molecular weight excluding hydrogens is 480 g/mol. The van der Waals surface area contributed by atoms with Crippen LogP contribution in [0.15, 0.2) is 36.5 Å². The molecule has 190 valence electrons. The Labute approximate surface area is 216 Å². The van der Waals surface area contributed by atoms with Crippen molar-refractivity contribution in [2.24, 2.45) is 17.4 Å². The summed E-state index contributed by atoms with van der Waals surface area (Å²) >= 11 is 0. The second-order valence-electron chi connectivity index (χ2n) is 8.99. The Morgan fingerprint density at radius 3 is 2.58 bits per heavy atom. The van der Waals surface area contributed by atoms with Crippen LogP contribution in [-0.4, -0.2) is 64.1 Å². The van der Waals surface area contributed by atoms with E-state index in [9.17, 15) is 9.59 Å². The number of aromatic nitrogens is 3. The maximum absolute atomic E-state index is 12.4. The van der Waals surface area contributed by atoms with Gasteiger partial charge in [0, 0.05) is 31.9 Å². The topological polar surface area (TPSA) is 147 Å². The molecule has 0 radical (unpaired) electrons. The first-order valence-electron chi connectivity index (χ1n) is 11.7. The van der Waals surface area contributed by atoms with Crippen molar-refractivity contribution in [3.05, 3.63) is 42.1 Å². The number of nitriles is 1. The van der Waals surface area contributed by atoms with E-state index in [4.69, 9.17) is 21.7 Å². The van der Waals surface area contributed by atoms with Crippen LogP contribution in [0.1, 0.15) is 25.3 Å². The second kappa shape index (κ2) is 11.4. The first-order chi connectivity index (χ1) is 16.8. The van der Waals surface area contributed by atoms with Crippen molar-refractivity contribution in [3.8, 4) is 17.5 Å². The largest absolute Gasteiger partial charge is 0.354 e. The van der Waals surface area contributed by atoms with Crippen LogP contribution >= 0.6 is 12.4 Å². The molecule has 36 heavy (non-hydrogen) atoms. The van der Waals surface area contributed by atoms with Gasteiger partial charge in [-0.05, 0) is 36.9 Å². The van der Waals surface area contributed by atoms with Gasteiger partial charge in [0.1, 0.15) is 12.2 Å². The van der Waals surface area contributed by atoms with E-state index in [1.807, 2.05) is 37.4 Å². The van der Waals surface area contributed by atoms with Gasteiger partial charge in [-0.15, -0.1) is 12.4 Å². The van der Waals surface area contributed by atoms with Gasteiger partial charge in [-0.2, -0.15) is 5.26 Å². The lowest BCUT2D eigenvalue weighted by Crippen LogP contribution is -2.52. The molecule has 1 aliphatic heterocycles. The zero-order chi connectivity index (χ0) is 25.1. The first kappa shape index (κ1) is 26.9. The summed E-state index contributed by atoms with van der Waals surface area (Å²) in [6.45, 7) is 3.83. The van der Waals surface area contributed by atoms with E-state index in [1.165, 1.54) is 4.57 Å². The van der Waals surface area contributed by atoms with E-state index in [-0.39, 0.29) is 36.7 Å². The molecule has 1 fully saturated rings. The predicted octanol–water partition coefficient (Wildman–Crippen LogP) is 2.53. The van der Waals surface area contributed by atoms with Crippen LogP contribution < -0.4 is 16.4 Å². The maximum atomic E-state index is 12.4. The van der Waals surface area contributed by atoms with E-state index < -0.39 is 6.03 Å².